The van der Waals surface area contributed by atoms with Gasteiger partial charge in [0.1, 0.15) is 0 Å². The summed E-state index contributed by atoms with van der Waals surface area (Å²) in [5.41, 5.74) is 3.72. The van der Waals surface area contributed by atoms with Gasteiger partial charge in [-0.15, -0.1) is 0 Å². The lowest BCUT2D eigenvalue weighted by Crippen LogP contribution is -2.46. The average molecular weight is 343 g/mol. The van der Waals surface area contributed by atoms with Crippen molar-refractivity contribution in [2.24, 2.45) is 0 Å². The first-order valence-corrected chi connectivity index (χ1v) is 9.45. The number of urea groups is 1. The maximum atomic E-state index is 12.6. The molecular formula is C20H29N3O2. The summed E-state index contributed by atoms with van der Waals surface area (Å²) in [5, 5.41) is 2.84. The molecule has 0 aliphatic carbocycles. The molecule has 2 fully saturated rings. The highest BCUT2D eigenvalue weighted by molar-refractivity contribution is 5.84. The molecule has 2 heterocycles. The third-order valence-electron chi connectivity index (χ3n) is 5.53. The zero-order chi connectivity index (χ0) is 17.8. The van der Waals surface area contributed by atoms with Crippen LogP contribution in [0.25, 0.3) is 0 Å². The Bertz CT molecular complexity index is 638. The van der Waals surface area contributed by atoms with E-state index in [4.69, 9.17) is 0 Å². The number of rotatable bonds is 3. The Morgan fingerprint density at radius 1 is 1.04 bits per heavy atom. The number of nitrogens with one attached hydrogen (secondary N) is 1. The first kappa shape index (κ1) is 17.8. The van der Waals surface area contributed by atoms with E-state index in [-0.39, 0.29) is 24.5 Å². The molecule has 1 aromatic rings. The summed E-state index contributed by atoms with van der Waals surface area (Å²) in [6.45, 7) is 6.71. The zero-order valence-corrected chi connectivity index (χ0v) is 15.4. The van der Waals surface area contributed by atoms with Gasteiger partial charge in [0.25, 0.3) is 0 Å². The van der Waals surface area contributed by atoms with Crippen LogP contribution in [0.3, 0.4) is 0 Å². The van der Waals surface area contributed by atoms with E-state index in [0.717, 1.165) is 45.3 Å². The number of carbonyl (C=O) groups excluding carboxylic acids is 2. The largest absolute Gasteiger partial charge is 0.341 e. The third-order valence-corrected chi connectivity index (χ3v) is 5.53. The lowest BCUT2D eigenvalue weighted by atomic mass is 9.99. The summed E-state index contributed by atoms with van der Waals surface area (Å²) in [7, 11) is 0. The molecule has 1 atom stereocenters. The van der Waals surface area contributed by atoms with Gasteiger partial charge >= 0.3 is 6.03 Å². The first-order chi connectivity index (χ1) is 12.1. The van der Waals surface area contributed by atoms with Crippen molar-refractivity contribution in [3.8, 4) is 0 Å². The van der Waals surface area contributed by atoms with Gasteiger partial charge in [0.15, 0.2) is 0 Å². The van der Waals surface area contributed by atoms with Gasteiger partial charge in [0.2, 0.25) is 5.91 Å². The molecule has 136 valence electrons. The lowest BCUT2D eigenvalue weighted by Gasteiger charge is -2.28. The smallest absolute Gasteiger partial charge is 0.318 e. The Morgan fingerprint density at radius 3 is 2.52 bits per heavy atom. The van der Waals surface area contributed by atoms with Gasteiger partial charge in [0, 0.05) is 19.6 Å². The second-order valence-corrected chi connectivity index (χ2v) is 7.30. The van der Waals surface area contributed by atoms with Crippen LogP contribution in [0.1, 0.15) is 54.8 Å². The molecule has 2 aliphatic heterocycles. The van der Waals surface area contributed by atoms with Crippen molar-refractivity contribution in [3.63, 3.8) is 0 Å². The topological polar surface area (TPSA) is 52.7 Å². The maximum Gasteiger partial charge on any atom is 0.318 e. The fourth-order valence-corrected chi connectivity index (χ4v) is 3.84. The van der Waals surface area contributed by atoms with Gasteiger partial charge in [-0.2, -0.15) is 0 Å². The third kappa shape index (κ3) is 4.14. The number of carbonyl (C=O) groups is 2. The van der Waals surface area contributed by atoms with E-state index in [0.29, 0.717) is 0 Å². The van der Waals surface area contributed by atoms with Crippen LogP contribution in [0.2, 0.25) is 0 Å². The SMILES string of the molecule is Cc1ccc(C2CCCN2C(=O)NCC(=O)N2CCCCC2)cc1C. The fourth-order valence-electron chi connectivity index (χ4n) is 3.84. The van der Waals surface area contributed by atoms with Crippen molar-refractivity contribution in [2.75, 3.05) is 26.2 Å². The minimum Gasteiger partial charge on any atom is -0.341 e. The van der Waals surface area contributed by atoms with Crippen LogP contribution in [-0.4, -0.2) is 47.9 Å². The summed E-state index contributed by atoms with van der Waals surface area (Å²) < 4.78 is 0. The summed E-state index contributed by atoms with van der Waals surface area (Å²) in [6, 6.07) is 6.43. The Kier molecular flexibility index (Phi) is 5.61. The van der Waals surface area contributed by atoms with E-state index in [9.17, 15) is 9.59 Å². The quantitative estimate of drug-likeness (QED) is 0.916. The summed E-state index contributed by atoms with van der Waals surface area (Å²) >= 11 is 0. The zero-order valence-electron chi connectivity index (χ0n) is 15.4. The van der Waals surface area contributed by atoms with Crippen LogP contribution in [0.4, 0.5) is 4.79 Å². The van der Waals surface area contributed by atoms with Crippen LogP contribution in [0.15, 0.2) is 18.2 Å². The maximum absolute atomic E-state index is 12.6. The minimum atomic E-state index is -0.119. The van der Waals surface area contributed by atoms with E-state index in [1.54, 1.807) is 0 Å². The highest BCUT2D eigenvalue weighted by Crippen LogP contribution is 2.32. The van der Waals surface area contributed by atoms with Gasteiger partial charge in [-0.3, -0.25) is 4.79 Å². The monoisotopic (exact) mass is 343 g/mol. The van der Waals surface area contributed by atoms with Crippen molar-refractivity contribution < 1.29 is 9.59 Å². The number of likely N-dealkylation sites (tertiary alicyclic amines) is 2. The molecule has 0 spiro atoms. The molecule has 25 heavy (non-hydrogen) atoms. The number of hydrogen-bond donors (Lipinski definition) is 1. The molecule has 2 saturated heterocycles. The Hall–Kier alpha value is -2.04. The molecule has 5 heteroatoms. The van der Waals surface area contributed by atoms with E-state index in [2.05, 4.69) is 37.4 Å². The van der Waals surface area contributed by atoms with Gasteiger partial charge < -0.3 is 15.1 Å². The fraction of sp³-hybridized carbons (Fsp3) is 0.600. The second-order valence-electron chi connectivity index (χ2n) is 7.30. The number of amides is 3. The summed E-state index contributed by atoms with van der Waals surface area (Å²) in [4.78, 5) is 28.6. The van der Waals surface area contributed by atoms with E-state index >= 15 is 0 Å². The Labute approximate surface area is 150 Å². The highest BCUT2D eigenvalue weighted by atomic mass is 16.2. The van der Waals surface area contributed by atoms with Crippen molar-refractivity contribution in [3.05, 3.63) is 34.9 Å². The highest BCUT2D eigenvalue weighted by Gasteiger charge is 2.30. The number of hydrogen-bond acceptors (Lipinski definition) is 2. The van der Waals surface area contributed by atoms with Crippen LogP contribution in [0, 0.1) is 13.8 Å². The van der Waals surface area contributed by atoms with Crippen molar-refractivity contribution in [1.29, 1.82) is 0 Å². The van der Waals surface area contributed by atoms with Gasteiger partial charge in [-0.1, -0.05) is 18.2 Å². The molecular weight excluding hydrogens is 314 g/mol. The molecule has 1 unspecified atom stereocenters. The molecule has 3 rings (SSSR count). The van der Waals surface area contributed by atoms with Crippen molar-refractivity contribution >= 4 is 11.9 Å². The molecule has 5 nitrogen and oxygen atoms in total. The molecule has 0 bridgehead atoms. The summed E-state index contributed by atoms with van der Waals surface area (Å²) in [6.07, 6.45) is 5.32. The predicted molar refractivity (Wildman–Crippen MR) is 98.4 cm³/mol. The first-order valence-electron chi connectivity index (χ1n) is 9.45. The number of piperidine rings is 1. The predicted octanol–water partition coefficient (Wildman–Crippen LogP) is 3.16. The minimum absolute atomic E-state index is 0.0370. The Morgan fingerprint density at radius 2 is 1.80 bits per heavy atom. The molecule has 2 aliphatic rings. The van der Waals surface area contributed by atoms with Gasteiger partial charge in [-0.25, -0.2) is 4.79 Å². The normalized spacial score (nSPS) is 20.6. The van der Waals surface area contributed by atoms with Crippen LogP contribution in [0.5, 0.6) is 0 Å². The molecule has 0 saturated carbocycles. The number of nitrogens with zero attached hydrogens (tertiary/aromatic N) is 2. The number of benzene rings is 1. The molecule has 1 aromatic carbocycles. The number of aryl methyl sites for hydroxylation is 2. The summed E-state index contributed by atoms with van der Waals surface area (Å²) in [5.74, 6) is 0.0370. The van der Waals surface area contributed by atoms with Gasteiger partial charge in [0.05, 0.1) is 12.6 Å². The van der Waals surface area contributed by atoms with Crippen LogP contribution in [-0.2, 0) is 4.79 Å². The van der Waals surface area contributed by atoms with E-state index < -0.39 is 0 Å². The van der Waals surface area contributed by atoms with Crippen LogP contribution >= 0.6 is 0 Å². The van der Waals surface area contributed by atoms with Crippen molar-refractivity contribution in [1.82, 2.24) is 15.1 Å². The molecule has 0 radical (unpaired) electrons. The van der Waals surface area contributed by atoms with E-state index in [1.165, 1.54) is 23.1 Å². The second kappa shape index (κ2) is 7.89. The molecule has 1 N–H and O–H groups in total. The molecule has 3 amide bonds. The lowest BCUT2D eigenvalue weighted by molar-refractivity contribution is -0.130. The Balaban J connectivity index is 1.58. The standard InChI is InChI=1S/C20H29N3O2/c1-15-8-9-17(13-16(15)2)18-7-6-12-23(18)20(25)21-14-19(24)22-10-4-3-5-11-22/h8-9,13,18H,3-7,10-12,14H2,1-2H3,(H,21,25). The van der Waals surface area contributed by atoms with Crippen LogP contribution < -0.4 is 5.32 Å². The average Bonchev–Trinajstić information content (AvgIpc) is 3.12. The van der Waals surface area contributed by atoms with E-state index in [1.807, 2.05) is 9.80 Å². The molecule has 0 aromatic heterocycles. The van der Waals surface area contributed by atoms with Crippen molar-refractivity contribution in [2.45, 2.75) is 52.0 Å². The van der Waals surface area contributed by atoms with Gasteiger partial charge in [-0.05, 0) is 62.6 Å².